The minimum atomic E-state index is 0.294. The lowest BCUT2D eigenvalue weighted by molar-refractivity contribution is 0.129. The molecule has 0 saturated heterocycles. The van der Waals surface area contributed by atoms with E-state index in [1.807, 2.05) is 43.6 Å². The summed E-state index contributed by atoms with van der Waals surface area (Å²) >= 11 is 0. The molecule has 138 valence electrons. The number of aliphatic imine (C=N–C) groups is 2. The van der Waals surface area contributed by atoms with Gasteiger partial charge >= 0.3 is 0 Å². The molecule has 2 rings (SSSR count). The van der Waals surface area contributed by atoms with Crippen LogP contribution in [0, 0.1) is 0 Å². The van der Waals surface area contributed by atoms with E-state index in [1.165, 1.54) is 0 Å². The van der Waals surface area contributed by atoms with E-state index in [4.69, 9.17) is 15.7 Å². The first-order valence-electron chi connectivity index (χ1n) is 8.62. The smallest absolute Gasteiger partial charge is 0.0894 e. The van der Waals surface area contributed by atoms with Crippen molar-refractivity contribution in [2.75, 3.05) is 6.61 Å². The quantitative estimate of drug-likeness (QED) is 0.524. The van der Waals surface area contributed by atoms with E-state index in [1.54, 1.807) is 10.9 Å². The van der Waals surface area contributed by atoms with Crippen molar-refractivity contribution in [3.05, 3.63) is 53.6 Å². The first-order chi connectivity index (χ1) is 12.7. The molecule has 26 heavy (non-hydrogen) atoms. The molecule has 0 bridgehead atoms. The van der Waals surface area contributed by atoms with E-state index in [0.717, 1.165) is 29.9 Å². The maximum Gasteiger partial charge on any atom is 0.0894 e. The molecule has 2 aromatic rings. The van der Waals surface area contributed by atoms with Crippen molar-refractivity contribution in [2.45, 2.75) is 32.2 Å². The van der Waals surface area contributed by atoms with Crippen LogP contribution in [0.3, 0.4) is 0 Å². The Bertz CT molecular complexity index is 765. The van der Waals surface area contributed by atoms with Crippen molar-refractivity contribution < 1.29 is 4.84 Å². The zero-order chi connectivity index (χ0) is 18.8. The summed E-state index contributed by atoms with van der Waals surface area (Å²) in [5.74, 6) is 5.44. The summed E-state index contributed by atoms with van der Waals surface area (Å²) < 4.78 is 1.76. The third-order valence-corrected chi connectivity index (χ3v) is 4.06. The molecule has 0 aliphatic carbocycles. The van der Waals surface area contributed by atoms with Gasteiger partial charge in [0.2, 0.25) is 0 Å². The van der Waals surface area contributed by atoms with E-state index in [-0.39, 0.29) is 0 Å². The van der Waals surface area contributed by atoms with Gasteiger partial charge in [-0.05, 0) is 43.8 Å². The molecule has 2 N–H and O–H groups in total. The molecule has 1 atom stereocenters. The molecule has 0 radical (unpaired) electrons. The largest absolute Gasteiger partial charge is 0.305 e. The summed E-state index contributed by atoms with van der Waals surface area (Å²) in [5, 5.41) is 4.29. The molecule has 0 aromatic carbocycles. The molecule has 0 aliphatic rings. The normalized spacial score (nSPS) is 13.3. The van der Waals surface area contributed by atoms with Gasteiger partial charge < -0.3 is 4.84 Å². The van der Waals surface area contributed by atoms with Gasteiger partial charge in [-0.25, -0.2) is 5.90 Å². The van der Waals surface area contributed by atoms with E-state index in [0.29, 0.717) is 24.8 Å². The topological polar surface area (TPSA) is 90.7 Å². The monoisotopic (exact) mass is 354 g/mol. The molecule has 0 aliphatic heterocycles. The maximum atomic E-state index is 5.15. The summed E-state index contributed by atoms with van der Waals surface area (Å²) in [6.45, 7) is 6.80. The number of pyridine rings is 1. The molecule has 0 fully saturated rings. The van der Waals surface area contributed by atoms with Gasteiger partial charge in [0.05, 0.1) is 30.2 Å². The van der Waals surface area contributed by atoms with Gasteiger partial charge in [-0.2, -0.15) is 5.10 Å². The van der Waals surface area contributed by atoms with Crippen LogP contribution in [-0.4, -0.2) is 34.3 Å². The maximum absolute atomic E-state index is 5.15. The van der Waals surface area contributed by atoms with Gasteiger partial charge in [-0.3, -0.25) is 19.7 Å². The van der Waals surface area contributed by atoms with E-state index < -0.39 is 0 Å². The standard InChI is InChI=1S/C19H26N6O/c1-4-15(10-13-26-20)17-6-5-7-19(23-17)18(21-2)8-11-22-14-16-9-12-25(3)24-16/h5-9,11-12,15H,2,4,10,13-14,20H2,1,3H3/b18-8-,22-11?. The number of aromatic nitrogens is 3. The van der Waals surface area contributed by atoms with Crippen molar-refractivity contribution >= 4 is 18.6 Å². The molecular formula is C19H26N6O. The molecule has 2 aromatic heterocycles. The molecular weight excluding hydrogens is 328 g/mol. The molecule has 7 heteroatoms. The van der Waals surface area contributed by atoms with E-state index >= 15 is 0 Å². The molecule has 7 nitrogen and oxygen atoms in total. The molecule has 0 amide bonds. The zero-order valence-corrected chi connectivity index (χ0v) is 15.4. The van der Waals surface area contributed by atoms with Crippen LogP contribution in [0.25, 0.3) is 5.70 Å². The van der Waals surface area contributed by atoms with Crippen LogP contribution in [0.1, 0.15) is 42.8 Å². The van der Waals surface area contributed by atoms with Crippen LogP contribution in [-0.2, 0) is 18.4 Å². The zero-order valence-electron chi connectivity index (χ0n) is 15.4. The Morgan fingerprint density at radius 2 is 2.27 bits per heavy atom. The van der Waals surface area contributed by atoms with Gasteiger partial charge in [0, 0.05) is 31.1 Å². The predicted molar refractivity (Wildman–Crippen MR) is 105 cm³/mol. The fraction of sp³-hybridized carbons (Fsp3) is 0.368. The Morgan fingerprint density at radius 3 is 2.92 bits per heavy atom. The van der Waals surface area contributed by atoms with Crippen molar-refractivity contribution in [3.63, 3.8) is 0 Å². The van der Waals surface area contributed by atoms with E-state index in [9.17, 15) is 0 Å². The minimum Gasteiger partial charge on any atom is -0.305 e. The fourth-order valence-electron chi connectivity index (χ4n) is 2.63. The highest BCUT2D eigenvalue weighted by atomic mass is 16.6. The summed E-state index contributed by atoms with van der Waals surface area (Å²) in [6.07, 6.45) is 7.22. The third kappa shape index (κ3) is 5.72. The first kappa shape index (κ1) is 19.7. The van der Waals surface area contributed by atoms with Gasteiger partial charge in [0.15, 0.2) is 0 Å². The highest BCUT2D eigenvalue weighted by Gasteiger charge is 2.12. The minimum absolute atomic E-state index is 0.294. The second kappa shape index (κ2) is 10.4. The van der Waals surface area contributed by atoms with Gasteiger partial charge in [0.1, 0.15) is 0 Å². The molecule has 1 unspecified atom stereocenters. The number of nitrogens with two attached hydrogens (primary N) is 1. The predicted octanol–water partition coefficient (Wildman–Crippen LogP) is 2.90. The van der Waals surface area contributed by atoms with Crippen molar-refractivity contribution in [3.8, 4) is 0 Å². The number of rotatable bonds is 10. The Balaban J connectivity index is 2.10. The SMILES string of the molecule is C=N/C(=C\C=NCc1ccn(C)n1)c1cccc(C(CC)CCON)n1. The van der Waals surface area contributed by atoms with Crippen LogP contribution < -0.4 is 5.90 Å². The highest BCUT2D eigenvalue weighted by Crippen LogP contribution is 2.23. The Kier molecular flexibility index (Phi) is 7.85. The lowest BCUT2D eigenvalue weighted by atomic mass is 9.98. The van der Waals surface area contributed by atoms with Crippen LogP contribution in [0.15, 0.2) is 46.5 Å². The summed E-state index contributed by atoms with van der Waals surface area (Å²) in [5.41, 5.74) is 3.37. The van der Waals surface area contributed by atoms with Crippen LogP contribution >= 0.6 is 0 Å². The summed E-state index contributed by atoms with van der Waals surface area (Å²) in [7, 11) is 1.88. The van der Waals surface area contributed by atoms with Crippen molar-refractivity contribution in [1.82, 2.24) is 14.8 Å². The second-order valence-electron chi connectivity index (χ2n) is 5.89. The van der Waals surface area contributed by atoms with Crippen molar-refractivity contribution in [2.24, 2.45) is 22.9 Å². The first-order valence-corrected chi connectivity index (χ1v) is 8.62. The Labute approximate surface area is 154 Å². The van der Waals surface area contributed by atoms with Crippen LogP contribution in [0.5, 0.6) is 0 Å². The van der Waals surface area contributed by atoms with Gasteiger partial charge in [-0.1, -0.05) is 13.0 Å². The molecule has 0 spiro atoms. The van der Waals surface area contributed by atoms with Crippen LogP contribution in [0.2, 0.25) is 0 Å². The fourth-order valence-corrected chi connectivity index (χ4v) is 2.63. The van der Waals surface area contributed by atoms with Crippen molar-refractivity contribution in [1.29, 1.82) is 0 Å². The number of hydrogen-bond donors (Lipinski definition) is 1. The average molecular weight is 354 g/mol. The van der Waals surface area contributed by atoms with Crippen LogP contribution in [0.4, 0.5) is 0 Å². The number of aryl methyl sites for hydroxylation is 1. The lowest BCUT2D eigenvalue weighted by Gasteiger charge is -2.14. The Hall–Kier alpha value is -2.64. The number of nitrogens with zero attached hydrogens (tertiary/aromatic N) is 5. The third-order valence-electron chi connectivity index (χ3n) is 4.06. The van der Waals surface area contributed by atoms with Gasteiger partial charge in [0.25, 0.3) is 0 Å². The number of hydrogen-bond acceptors (Lipinski definition) is 6. The summed E-state index contributed by atoms with van der Waals surface area (Å²) in [6, 6.07) is 7.86. The lowest BCUT2D eigenvalue weighted by Crippen LogP contribution is -2.08. The van der Waals surface area contributed by atoms with E-state index in [2.05, 4.69) is 28.7 Å². The number of allylic oxidation sites excluding steroid dienone is 1. The molecule has 0 saturated carbocycles. The second-order valence-corrected chi connectivity index (χ2v) is 5.89. The highest BCUT2D eigenvalue weighted by molar-refractivity contribution is 5.84. The average Bonchev–Trinajstić information content (AvgIpc) is 3.08. The molecule has 2 heterocycles. The Morgan fingerprint density at radius 1 is 1.42 bits per heavy atom. The summed E-state index contributed by atoms with van der Waals surface area (Å²) in [4.78, 5) is 17.9. The van der Waals surface area contributed by atoms with Gasteiger partial charge in [-0.15, -0.1) is 0 Å².